The molecule has 22 heavy (non-hydrogen) atoms. The molecule has 0 amide bonds. The number of carbonyl (C=O) groups is 1. The summed E-state index contributed by atoms with van der Waals surface area (Å²) in [5.41, 5.74) is 0.695. The van der Waals surface area contributed by atoms with Crippen LogP contribution in [0.1, 0.15) is 24.5 Å². The first-order valence-electron chi connectivity index (χ1n) is 6.71. The average Bonchev–Trinajstić information content (AvgIpc) is 2.50. The predicted octanol–water partition coefficient (Wildman–Crippen LogP) is 2.83. The van der Waals surface area contributed by atoms with Gasteiger partial charge in [0.05, 0.1) is 0 Å². The molecular formula is C16H19O5P. The molecule has 2 rings (SSSR count). The van der Waals surface area contributed by atoms with Crippen molar-refractivity contribution in [3.05, 3.63) is 71.8 Å². The molecule has 0 aromatic heterocycles. The Morgan fingerprint density at radius 2 is 1.27 bits per heavy atom. The summed E-state index contributed by atoms with van der Waals surface area (Å²) in [7, 11) is -3.13. The van der Waals surface area contributed by atoms with Crippen LogP contribution in [-0.4, -0.2) is 20.9 Å². The van der Waals surface area contributed by atoms with Gasteiger partial charge in [-0.2, -0.15) is 0 Å². The van der Waals surface area contributed by atoms with Crippen LogP contribution in [0.4, 0.5) is 0 Å². The first kappa shape index (κ1) is 18.1. The molecule has 0 aliphatic carbocycles. The van der Waals surface area contributed by atoms with Crippen molar-refractivity contribution in [2.75, 3.05) is 0 Å². The molecule has 0 aliphatic heterocycles. The third-order valence-electron chi connectivity index (χ3n) is 3.43. The van der Waals surface area contributed by atoms with E-state index in [1.807, 2.05) is 67.6 Å². The van der Waals surface area contributed by atoms with E-state index in [0.29, 0.717) is 6.42 Å². The lowest BCUT2D eigenvalue weighted by molar-refractivity contribution is -0.142. The normalized spacial score (nSPS) is 10.7. The molecule has 5 nitrogen and oxygen atoms in total. The number of benzene rings is 2. The molecule has 6 heteroatoms. The summed E-state index contributed by atoms with van der Waals surface area (Å²) < 4.78 is 8.74. The van der Waals surface area contributed by atoms with Gasteiger partial charge in [-0.25, -0.2) is 0 Å². The Morgan fingerprint density at radius 3 is 1.50 bits per heavy atom. The Morgan fingerprint density at radius 1 is 0.955 bits per heavy atom. The van der Waals surface area contributed by atoms with Crippen molar-refractivity contribution in [3.8, 4) is 0 Å². The number of hydrogen-bond donors (Lipinski definition) is 3. The summed E-state index contributed by atoms with van der Waals surface area (Å²) in [6.07, 6.45) is 0.524. The monoisotopic (exact) mass is 322 g/mol. The van der Waals surface area contributed by atoms with Crippen LogP contribution in [-0.2, 0) is 14.8 Å². The van der Waals surface area contributed by atoms with Gasteiger partial charge in [0.25, 0.3) is 0 Å². The van der Waals surface area contributed by atoms with Gasteiger partial charge in [-0.15, -0.1) is 0 Å². The van der Waals surface area contributed by atoms with Gasteiger partial charge in [-0.1, -0.05) is 67.6 Å². The molecule has 0 heterocycles. The standard InChI is InChI=1S/C16H16O2.H3O3P/c1-2-16(15(17)18,13-9-5-3-6-10-13)14-11-7-4-8-12-14;1-4(2)3/h3-12H,2H2,1H3,(H,17,18);4H,(H2,1,2,3). The minimum absolute atomic E-state index is 0.524. The van der Waals surface area contributed by atoms with Crippen molar-refractivity contribution < 1.29 is 24.3 Å². The van der Waals surface area contributed by atoms with Gasteiger partial charge >= 0.3 is 14.2 Å². The van der Waals surface area contributed by atoms with Gasteiger partial charge in [-0.05, 0) is 17.5 Å². The number of hydrogen-bond acceptors (Lipinski definition) is 2. The van der Waals surface area contributed by atoms with E-state index in [-0.39, 0.29) is 0 Å². The number of carboxylic acid groups (broad SMARTS) is 1. The molecule has 0 atom stereocenters. The van der Waals surface area contributed by atoms with Crippen LogP contribution in [0, 0.1) is 0 Å². The average molecular weight is 322 g/mol. The van der Waals surface area contributed by atoms with E-state index in [2.05, 4.69) is 0 Å². The molecule has 0 unspecified atom stereocenters. The lowest BCUT2D eigenvalue weighted by Gasteiger charge is -2.29. The Bertz CT molecular complexity index is 569. The zero-order chi connectivity index (χ0) is 16.6. The van der Waals surface area contributed by atoms with Crippen molar-refractivity contribution in [1.82, 2.24) is 0 Å². The highest BCUT2D eigenvalue weighted by Gasteiger charge is 2.40. The Hall–Kier alpha value is -1.94. The van der Waals surface area contributed by atoms with Gasteiger partial charge in [0, 0.05) is 0 Å². The fraction of sp³-hybridized carbons (Fsp3) is 0.188. The van der Waals surface area contributed by atoms with E-state index in [1.165, 1.54) is 0 Å². The largest absolute Gasteiger partial charge is 0.480 e. The molecule has 0 fully saturated rings. The second-order valence-corrected chi connectivity index (χ2v) is 5.14. The van der Waals surface area contributed by atoms with Gasteiger partial charge in [0.15, 0.2) is 0 Å². The lowest BCUT2D eigenvalue weighted by atomic mass is 9.72. The lowest BCUT2D eigenvalue weighted by Crippen LogP contribution is -2.36. The maximum absolute atomic E-state index is 11.9. The predicted molar refractivity (Wildman–Crippen MR) is 85.0 cm³/mol. The fourth-order valence-corrected chi connectivity index (χ4v) is 2.42. The molecule has 2 aromatic carbocycles. The third kappa shape index (κ3) is 4.28. The first-order valence-corrected chi connectivity index (χ1v) is 8.01. The van der Waals surface area contributed by atoms with Gasteiger partial charge in [0.1, 0.15) is 5.41 Å². The van der Waals surface area contributed by atoms with E-state index in [4.69, 9.17) is 14.4 Å². The summed E-state index contributed by atoms with van der Waals surface area (Å²) >= 11 is 0. The van der Waals surface area contributed by atoms with Gasteiger partial charge < -0.3 is 14.9 Å². The van der Waals surface area contributed by atoms with E-state index in [9.17, 15) is 9.90 Å². The highest BCUT2D eigenvalue weighted by molar-refractivity contribution is 7.30. The van der Waals surface area contributed by atoms with Gasteiger partial charge in [0.2, 0.25) is 0 Å². The molecule has 3 N–H and O–H groups in total. The zero-order valence-corrected chi connectivity index (χ0v) is 13.1. The van der Waals surface area contributed by atoms with Crippen molar-refractivity contribution in [3.63, 3.8) is 0 Å². The van der Waals surface area contributed by atoms with E-state index < -0.39 is 19.6 Å². The van der Waals surface area contributed by atoms with E-state index in [1.54, 1.807) is 0 Å². The first-order chi connectivity index (χ1) is 10.4. The van der Waals surface area contributed by atoms with Crippen LogP contribution in [0.3, 0.4) is 0 Å². The van der Waals surface area contributed by atoms with Crippen molar-refractivity contribution in [2.24, 2.45) is 0 Å². The molecule has 118 valence electrons. The fourth-order valence-electron chi connectivity index (χ4n) is 2.42. The highest BCUT2D eigenvalue weighted by Crippen LogP contribution is 2.35. The minimum atomic E-state index is -3.13. The van der Waals surface area contributed by atoms with Crippen LogP contribution in [0.15, 0.2) is 60.7 Å². The second kappa shape index (κ2) is 8.49. The molecular weight excluding hydrogens is 303 g/mol. The summed E-state index contributed by atoms with van der Waals surface area (Å²) in [5.74, 6) is -0.803. The summed E-state index contributed by atoms with van der Waals surface area (Å²) in [4.78, 5) is 26.2. The topological polar surface area (TPSA) is 94.8 Å². The maximum Gasteiger partial charge on any atom is 0.318 e. The Kier molecular flexibility index (Phi) is 6.99. The molecule has 0 aliphatic rings. The van der Waals surface area contributed by atoms with E-state index >= 15 is 0 Å². The highest BCUT2D eigenvalue weighted by atomic mass is 31.1. The van der Waals surface area contributed by atoms with Gasteiger partial charge in [-0.3, -0.25) is 9.36 Å². The zero-order valence-electron chi connectivity index (χ0n) is 12.1. The van der Waals surface area contributed by atoms with Crippen LogP contribution < -0.4 is 0 Å². The van der Waals surface area contributed by atoms with Crippen LogP contribution in [0.25, 0.3) is 0 Å². The van der Waals surface area contributed by atoms with Crippen LogP contribution in [0.2, 0.25) is 0 Å². The smallest absolute Gasteiger partial charge is 0.318 e. The molecule has 0 bridgehead atoms. The Balaban J connectivity index is 0.000000541. The molecule has 2 aromatic rings. The van der Waals surface area contributed by atoms with Crippen molar-refractivity contribution in [1.29, 1.82) is 0 Å². The maximum atomic E-state index is 11.9. The molecule has 0 spiro atoms. The van der Waals surface area contributed by atoms with Crippen molar-refractivity contribution >= 4 is 14.2 Å². The van der Waals surface area contributed by atoms with E-state index in [0.717, 1.165) is 11.1 Å². The van der Waals surface area contributed by atoms with Crippen molar-refractivity contribution in [2.45, 2.75) is 18.8 Å². The van der Waals surface area contributed by atoms with Crippen LogP contribution >= 0.6 is 8.25 Å². The third-order valence-corrected chi connectivity index (χ3v) is 3.43. The molecule has 0 saturated heterocycles. The van der Waals surface area contributed by atoms with Crippen LogP contribution in [0.5, 0.6) is 0 Å². The quantitative estimate of drug-likeness (QED) is 0.752. The summed E-state index contributed by atoms with van der Waals surface area (Å²) in [6, 6.07) is 18.8. The summed E-state index contributed by atoms with van der Waals surface area (Å²) in [5, 5.41) is 9.73. The SMILES string of the molecule is CCC(C(=O)O)(c1ccccc1)c1ccccc1.O=[PH](O)O. The summed E-state index contributed by atoms with van der Waals surface area (Å²) in [6.45, 7) is 1.91. The number of carboxylic acids is 1. The number of rotatable bonds is 4. The molecule has 0 radical (unpaired) electrons. The minimum Gasteiger partial charge on any atom is -0.480 e. The Labute approximate surface area is 129 Å². The number of aliphatic carboxylic acids is 1. The second-order valence-electron chi connectivity index (χ2n) is 4.58. The molecule has 0 saturated carbocycles.